The highest BCUT2D eigenvalue weighted by molar-refractivity contribution is 5.16. The van der Waals surface area contributed by atoms with Gasteiger partial charge in [-0.15, -0.1) is 0 Å². The summed E-state index contributed by atoms with van der Waals surface area (Å²) in [6.45, 7) is 9.09. The average molecular weight is 221 g/mol. The van der Waals surface area contributed by atoms with Crippen LogP contribution >= 0.6 is 0 Å². The van der Waals surface area contributed by atoms with E-state index in [1.807, 2.05) is 18.2 Å². The summed E-state index contributed by atoms with van der Waals surface area (Å²) < 4.78 is 6.03. The quantitative estimate of drug-likeness (QED) is 0.847. The van der Waals surface area contributed by atoms with E-state index in [-0.39, 0.29) is 17.6 Å². The molecule has 0 saturated heterocycles. The monoisotopic (exact) mass is 221 g/mol. The average Bonchev–Trinajstić information content (AvgIpc) is 2.25. The highest BCUT2D eigenvalue weighted by atomic mass is 16.5. The number of hydrogen-bond donors (Lipinski definition) is 1. The highest BCUT2D eigenvalue weighted by Crippen LogP contribution is 2.27. The summed E-state index contributed by atoms with van der Waals surface area (Å²) in [5.74, 6) is 0. The lowest BCUT2D eigenvalue weighted by atomic mass is 9.89. The van der Waals surface area contributed by atoms with Gasteiger partial charge in [0.15, 0.2) is 0 Å². The van der Waals surface area contributed by atoms with Gasteiger partial charge in [-0.25, -0.2) is 0 Å². The SMILES string of the molecule is CC(OC(CN)C(C)(C)C)c1ccccc1. The molecule has 0 amide bonds. The first-order valence-electron chi connectivity index (χ1n) is 5.85. The van der Waals surface area contributed by atoms with Gasteiger partial charge in [0.2, 0.25) is 0 Å². The van der Waals surface area contributed by atoms with Gasteiger partial charge in [0.1, 0.15) is 0 Å². The van der Waals surface area contributed by atoms with Crippen molar-refractivity contribution in [2.45, 2.75) is 39.9 Å². The molecule has 90 valence electrons. The van der Waals surface area contributed by atoms with E-state index in [9.17, 15) is 0 Å². The Bertz CT molecular complexity index is 302. The molecule has 0 aromatic heterocycles. The van der Waals surface area contributed by atoms with Gasteiger partial charge in [-0.1, -0.05) is 51.1 Å². The van der Waals surface area contributed by atoms with E-state index in [1.54, 1.807) is 0 Å². The Morgan fingerprint density at radius 1 is 1.19 bits per heavy atom. The van der Waals surface area contributed by atoms with Crippen LogP contribution in [-0.4, -0.2) is 12.6 Å². The molecular formula is C14H23NO. The number of ether oxygens (including phenoxy) is 1. The minimum atomic E-state index is 0.0811. The van der Waals surface area contributed by atoms with Crippen LogP contribution in [0, 0.1) is 5.41 Å². The van der Waals surface area contributed by atoms with Crippen molar-refractivity contribution in [3.63, 3.8) is 0 Å². The zero-order valence-electron chi connectivity index (χ0n) is 10.7. The molecule has 0 bridgehead atoms. The molecule has 2 unspecified atom stereocenters. The third-order valence-corrected chi connectivity index (χ3v) is 2.82. The van der Waals surface area contributed by atoms with Crippen LogP contribution in [0.5, 0.6) is 0 Å². The van der Waals surface area contributed by atoms with Crippen molar-refractivity contribution in [3.8, 4) is 0 Å². The summed E-state index contributed by atoms with van der Waals surface area (Å²) in [6, 6.07) is 10.2. The van der Waals surface area contributed by atoms with Gasteiger partial charge in [0, 0.05) is 6.54 Å². The van der Waals surface area contributed by atoms with Gasteiger partial charge in [0.05, 0.1) is 12.2 Å². The maximum absolute atomic E-state index is 6.03. The third-order valence-electron chi connectivity index (χ3n) is 2.82. The third kappa shape index (κ3) is 3.62. The van der Waals surface area contributed by atoms with Crippen LogP contribution in [0.25, 0.3) is 0 Å². The molecule has 16 heavy (non-hydrogen) atoms. The molecule has 2 nitrogen and oxygen atoms in total. The molecule has 2 atom stereocenters. The van der Waals surface area contributed by atoms with Gasteiger partial charge in [0.25, 0.3) is 0 Å². The second-order valence-corrected chi connectivity index (χ2v) is 5.28. The molecule has 2 heteroatoms. The molecule has 0 aliphatic rings. The lowest BCUT2D eigenvalue weighted by Gasteiger charge is -2.32. The summed E-state index contributed by atoms with van der Waals surface area (Å²) in [5, 5.41) is 0. The fourth-order valence-electron chi connectivity index (χ4n) is 1.66. The lowest BCUT2D eigenvalue weighted by Crippen LogP contribution is -2.37. The molecule has 0 spiro atoms. The number of nitrogens with two attached hydrogens (primary N) is 1. The number of hydrogen-bond acceptors (Lipinski definition) is 2. The summed E-state index contributed by atoms with van der Waals surface area (Å²) in [5.41, 5.74) is 7.04. The predicted molar refractivity (Wildman–Crippen MR) is 68.2 cm³/mol. The molecule has 0 heterocycles. The minimum Gasteiger partial charge on any atom is -0.369 e. The summed E-state index contributed by atoms with van der Waals surface area (Å²) in [7, 11) is 0. The first-order valence-corrected chi connectivity index (χ1v) is 5.85. The van der Waals surface area contributed by atoms with E-state index in [0.717, 1.165) is 0 Å². The zero-order valence-corrected chi connectivity index (χ0v) is 10.7. The van der Waals surface area contributed by atoms with Crippen molar-refractivity contribution in [3.05, 3.63) is 35.9 Å². The fourth-order valence-corrected chi connectivity index (χ4v) is 1.66. The molecule has 0 aliphatic heterocycles. The van der Waals surface area contributed by atoms with Crippen LogP contribution in [0.2, 0.25) is 0 Å². The summed E-state index contributed by atoms with van der Waals surface area (Å²) in [4.78, 5) is 0. The Kier molecular flexibility index (Phi) is 4.51. The van der Waals surface area contributed by atoms with Gasteiger partial charge in [-0.05, 0) is 17.9 Å². The first kappa shape index (κ1) is 13.2. The maximum Gasteiger partial charge on any atom is 0.0801 e. The van der Waals surface area contributed by atoms with Crippen LogP contribution < -0.4 is 5.73 Å². The van der Waals surface area contributed by atoms with Crippen molar-refractivity contribution in [1.29, 1.82) is 0 Å². The summed E-state index contributed by atoms with van der Waals surface area (Å²) >= 11 is 0. The number of rotatable bonds is 4. The van der Waals surface area contributed by atoms with Crippen LogP contribution in [0.1, 0.15) is 39.4 Å². The van der Waals surface area contributed by atoms with Gasteiger partial charge in [-0.2, -0.15) is 0 Å². The molecule has 0 fully saturated rings. The van der Waals surface area contributed by atoms with Gasteiger partial charge in [-0.3, -0.25) is 0 Å². The molecule has 2 N–H and O–H groups in total. The standard InChI is InChI=1S/C14H23NO/c1-11(12-8-6-5-7-9-12)16-13(10-15)14(2,3)4/h5-9,11,13H,10,15H2,1-4H3. The molecule has 1 aromatic rings. The van der Waals surface area contributed by atoms with Crippen LogP contribution in [-0.2, 0) is 4.74 Å². The molecule has 0 saturated carbocycles. The lowest BCUT2D eigenvalue weighted by molar-refractivity contribution is -0.0548. The highest BCUT2D eigenvalue weighted by Gasteiger charge is 2.26. The van der Waals surface area contributed by atoms with Crippen molar-refractivity contribution in [2.24, 2.45) is 11.1 Å². The zero-order chi connectivity index (χ0) is 12.2. The van der Waals surface area contributed by atoms with E-state index in [0.29, 0.717) is 6.54 Å². The topological polar surface area (TPSA) is 35.2 Å². The largest absolute Gasteiger partial charge is 0.369 e. The summed E-state index contributed by atoms with van der Waals surface area (Å²) in [6.07, 6.45) is 0.177. The first-order chi connectivity index (χ1) is 7.45. The van der Waals surface area contributed by atoms with Gasteiger partial charge >= 0.3 is 0 Å². The second kappa shape index (κ2) is 5.46. The van der Waals surface area contributed by atoms with E-state index in [4.69, 9.17) is 10.5 Å². The molecule has 0 radical (unpaired) electrons. The van der Waals surface area contributed by atoms with Crippen LogP contribution in [0.15, 0.2) is 30.3 Å². The van der Waals surface area contributed by atoms with E-state index < -0.39 is 0 Å². The minimum absolute atomic E-state index is 0.0811. The molecular weight excluding hydrogens is 198 g/mol. The maximum atomic E-state index is 6.03. The van der Waals surface area contributed by atoms with Crippen molar-refractivity contribution >= 4 is 0 Å². The smallest absolute Gasteiger partial charge is 0.0801 e. The Morgan fingerprint density at radius 2 is 1.75 bits per heavy atom. The molecule has 1 rings (SSSR count). The van der Waals surface area contributed by atoms with E-state index in [2.05, 4.69) is 39.8 Å². The fraction of sp³-hybridized carbons (Fsp3) is 0.571. The Balaban J connectivity index is 2.67. The second-order valence-electron chi connectivity index (χ2n) is 5.28. The predicted octanol–water partition coefficient (Wildman–Crippen LogP) is 3.14. The van der Waals surface area contributed by atoms with E-state index in [1.165, 1.54) is 5.56 Å². The van der Waals surface area contributed by atoms with Gasteiger partial charge < -0.3 is 10.5 Å². The van der Waals surface area contributed by atoms with Crippen molar-refractivity contribution in [1.82, 2.24) is 0 Å². The van der Waals surface area contributed by atoms with Crippen molar-refractivity contribution in [2.75, 3.05) is 6.54 Å². The molecule has 1 aromatic carbocycles. The Labute approximate surface area is 98.8 Å². The van der Waals surface area contributed by atoms with Crippen molar-refractivity contribution < 1.29 is 4.74 Å². The van der Waals surface area contributed by atoms with E-state index >= 15 is 0 Å². The Hall–Kier alpha value is -0.860. The number of benzene rings is 1. The molecule has 0 aliphatic carbocycles. The Morgan fingerprint density at radius 3 is 2.19 bits per heavy atom. The van der Waals surface area contributed by atoms with Crippen LogP contribution in [0.4, 0.5) is 0 Å². The normalized spacial score (nSPS) is 15.8. The van der Waals surface area contributed by atoms with Crippen LogP contribution in [0.3, 0.4) is 0 Å².